The van der Waals surface area contributed by atoms with E-state index in [0.717, 1.165) is 83.5 Å². The molecule has 0 spiro atoms. The largest absolute Gasteiger partial charge is 0.462 e. The molecule has 400 valence electrons. The fourth-order valence-electron chi connectivity index (χ4n) is 8.55. The summed E-state index contributed by atoms with van der Waals surface area (Å²) >= 11 is 0. The lowest BCUT2D eigenvalue weighted by molar-refractivity contribution is -0.167. The second-order valence-corrected chi connectivity index (χ2v) is 19.9. The fourth-order valence-corrected chi connectivity index (χ4v) is 8.55. The van der Waals surface area contributed by atoms with Crippen LogP contribution in [0.25, 0.3) is 0 Å². The second-order valence-electron chi connectivity index (χ2n) is 19.9. The smallest absolute Gasteiger partial charge is 0.306 e. The van der Waals surface area contributed by atoms with Crippen molar-refractivity contribution in [2.45, 2.75) is 309 Å². The molecule has 69 heavy (non-hydrogen) atoms. The summed E-state index contributed by atoms with van der Waals surface area (Å²) in [5, 5.41) is 0. The molecule has 0 aromatic carbocycles. The number of carbonyl (C=O) groups excluding carboxylic acids is 3. The maximum atomic E-state index is 12.8. The predicted octanol–water partition coefficient (Wildman–Crippen LogP) is 20.0. The lowest BCUT2D eigenvalue weighted by Gasteiger charge is -2.18. The molecular formula is C63H112O6. The molecule has 6 nitrogen and oxygen atoms in total. The fraction of sp³-hybridized carbons (Fsp3) is 0.794. The maximum Gasteiger partial charge on any atom is 0.306 e. The van der Waals surface area contributed by atoms with Crippen LogP contribution in [0.5, 0.6) is 0 Å². The van der Waals surface area contributed by atoms with Gasteiger partial charge >= 0.3 is 17.9 Å². The molecule has 0 saturated carbocycles. The number of rotatable bonds is 54. The number of allylic oxidation sites excluding steroid dienone is 10. The van der Waals surface area contributed by atoms with E-state index in [1.165, 1.54) is 180 Å². The third kappa shape index (κ3) is 55.9. The Balaban J connectivity index is 4.14. The predicted molar refractivity (Wildman–Crippen MR) is 298 cm³/mol. The lowest BCUT2D eigenvalue weighted by Crippen LogP contribution is -2.30. The molecule has 0 rings (SSSR count). The Hall–Kier alpha value is -2.89. The summed E-state index contributed by atoms with van der Waals surface area (Å²) in [6, 6.07) is 0. The Morgan fingerprint density at radius 3 is 0.899 bits per heavy atom. The van der Waals surface area contributed by atoms with E-state index in [1.54, 1.807) is 0 Å². The summed E-state index contributed by atoms with van der Waals surface area (Å²) in [5.41, 5.74) is 0. The molecule has 0 aliphatic carbocycles. The van der Waals surface area contributed by atoms with Crippen molar-refractivity contribution in [2.24, 2.45) is 0 Å². The molecule has 0 heterocycles. The first-order chi connectivity index (χ1) is 34.0. The van der Waals surface area contributed by atoms with Gasteiger partial charge in [-0.2, -0.15) is 0 Å². The highest BCUT2D eigenvalue weighted by Crippen LogP contribution is 2.16. The van der Waals surface area contributed by atoms with Gasteiger partial charge in [0.05, 0.1) is 0 Å². The number of unbranched alkanes of at least 4 members (excludes halogenated alkanes) is 33. The third-order valence-corrected chi connectivity index (χ3v) is 13.0. The topological polar surface area (TPSA) is 78.9 Å². The minimum Gasteiger partial charge on any atom is -0.462 e. The molecule has 0 aliphatic rings. The van der Waals surface area contributed by atoms with Crippen LogP contribution in [-0.2, 0) is 28.6 Å². The van der Waals surface area contributed by atoms with Crippen molar-refractivity contribution in [1.29, 1.82) is 0 Å². The van der Waals surface area contributed by atoms with Crippen molar-refractivity contribution in [3.8, 4) is 0 Å². The normalized spacial score (nSPS) is 12.4. The minimum absolute atomic E-state index is 0.0729. The number of hydrogen-bond donors (Lipinski definition) is 0. The van der Waals surface area contributed by atoms with Gasteiger partial charge in [0.2, 0.25) is 0 Å². The summed E-state index contributed by atoms with van der Waals surface area (Å²) in [6.07, 6.45) is 72.4. The van der Waals surface area contributed by atoms with E-state index in [0.29, 0.717) is 19.3 Å². The van der Waals surface area contributed by atoms with Crippen LogP contribution in [0.4, 0.5) is 0 Å². The molecule has 0 saturated heterocycles. The Bertz CT molecular complexity index is 1250. The van der Waals surface area contributed by atoms with Crippen LogP contribution in [0.2, 0.25) is 0 Å². The first-order valence-corrected chi connectivity index (χ1v) is 29.8. The van der Waals surface area contributed by atoms with Crippen molar-refractivity contribution < 1.29 is 28.6 Å². The Morgan fingerprint density at radius 2 is 0.565 bits per heavy atom. The molecule has 0 aromatic rings. The molecule has 0 N–H and O–H groups in total. The van der Waals surface area contributed by atoms with E-state index in [2.05, 4.69) is 81.5 Å². The van der Waals surface area contributed by atoms with Crippen molar-refractivity contribution in [1.82, 2.24) is 0 Å². The second kappa shape index (κ2) is 57.7. The van der Waals surface area contributed by atoms with Crippen LogP contribution in [0, 0.1) is 0 Å². The van der Waals surface area contributed by atoms with Crippen LogP contribution in [0.3, 0.4) is 0 Å². The average molecular weight is 966 g/mol. The van der Waals surface area contributed by atoms with Gasteiger partial charge in [-0.3, -0.25) is 14.4 Å². The van der Waals surface area contributed by atoms with Crippen LogP contribution < -0.4 is 0 Å². The third-order valence-electron chi connectivity index (χ3n) is 13.0. The highest BCUT2D eigenvalue weighted by molar-refractivity contribution is 5.71. The molecule has 0 aromatic heterocycles. The van der Waals surface area contributed by atoms with Crippen LogP contribution in [0.15, 0.2) is 60.8 Å². The van der Waals surface area contributed by atoms with Gasteiger partial charge in [-0.05, 0) is 83.5 Å². The molecule has 0 aliphatic heterocycles. The number of carbonyl (C=O) groups is 3. The standard InChI is InChI=1S/C63H112O6/c1-4-7-10-13-16-18-20-22-24-26-28-29-30-31-32-33-35-36-38-40-42-44-47-50-53-56-62(65)68-59-60(58-67-61(64)55-52-49-46-15-12-9-6-3)69-63(66)57-54-51-48-45-43-41-39-37-34-27-25-23-21-19-17-14-11-8-5-2/h7,10,16,18,22-25,28-29,60H,4-6,8-9,11-15,17,19-21,26-27,30-59H2,1-3H3/b10-7-,18-16-,24-22-,25-23-,29-28-. The Labute approximate surface area is 428 Å². The summed E-state index contributed by atoms with van der Waals surface area (Å²) in [4.78, 5) is 38.0. The first kappa shape index (κ1) is 66.1. The van der Waals surface area contributed by atoms with E-state index in [-0.39, 0.29) is 31.1 Å². The monoisotopic (exact) mass is 965 g/mol. The van der Waals surface area contributed by atoms with E-state index in [4.69, 9.17) is 14.2 Å². The number of esters is 3. The zero-order valence-corrected chi connectivity index (χ0v) is 45.8. The zero-order chi connectivity index (χ0) is 50.0. The van der Waals surface area contributed by atoms with Gasteiger partial charge in [0.25, 0.3) is 0 Å². The highest BCUT2D eigenvalue weighted by atomic mass is 16.6. The summed E-state index contributed by atoms with van der Waals surface area (Å²) in [5.74, 6) is -0.871. The minimum atomic E-state index is -0.772. The summed E-state index contributed by atoms with van der Waals surface area (Å²) in [7, 11) is 0. The van der Waals surface area contributed by atoms with Crippen molar-refractivity contribution >= 4 is 17.9 Å². The highest BCUT2D eigenvalue weighted by Gasteiger charge is 2.19. The Kier molecular flexibility index (Phi) is 55.3. The number of ether oxygens (including phenoxy) is 3. The SMILES string of the molecule is CC/C=C\C/C=C\C/C=C\C/C=C\CCCCCCCCCCCCCCC(=O)OCC(COC(=O)CCCCCCCCC)OC(=O)CCCCCCCCCCC/C=C\CCCCCCCC. The van der Waals surface area contributed by atoms with E-state index in [9.17, 15) is 14.4 Å². The molecular weight excluding hydrogens is 853 g/mol. The lowest BCUT2D eigenvalue weighted by atomic mass is 10.0. The van der Waals surface area contributed by atoms with Gasteiger partial charge in [0, 0.05) is 19.3 Å². The van der Waals surface area contributed by atoms with Crippen LogP contribution in [-0.4, -0.2) is 37.2 Å². The molecule has 0 amide bonds. The number of hydrogen-bond acceptors (Lipinski definition) is 6. The van der Waals surface area contributed by atoms with Gasteiger partial charge < -0.3 is 14.2 Å². The quantitative estimate of drug-likeness (QED) is 0.0262. The van der Waals surface area contributed by atoms with Gasteiger partial charge in [0.15, 0.2) is 6.10 Å². The van der Waals surface area contributed by atoms with Gasteiger partial charge in [-0.1, -0.05) is 261 Å². The van der Waals surface area contributed by atoms with E-state index < -0.39 is 6.10 Å². The molecule has 0 fully saturated rings. The first-order valence-electron chi connectivity index (χ1n) is 29.8. The molecule has 0 radical (unpaired) electrons. The van der Waals surface area contributed by atoms with Gasteiger partial charge in [-0.25, -0.2) is 0 Å². The van der Waals surface area contributed by atoms with Gasteiger partial charge in [0.1, 0.15) is 13.2 Å². The molecule has 1 unspecified atom stereocenters. The van der Waals surface area contributed by atoms with Gasteiger partial charge in [-0.15, -0.1) is 0 Å². The average Bonchev–Trinajstić information content (AvgIpc) is 3.35. The maximum absolute atomic E-state index is 12.8. The van der Waals surface area contributed by atoms with E-state index in [1.807, 2.05) is 0 Å². The molecule has 0 bridgehead atoms. The Morgan fingerprint density at radius 1 is 0.304 bits per heavy atom. The molecule has 6 heteroatoms. The van der Waals surface area contributed by atoms with Crippen molar-refractivity contribution in [2.75, 3.05) is 13.2 Å². The van der Waals surface area contributed by atoms with E-state index >= 15 is 0 Å². The zero-order valence-electron chi connectivity index (χ0n) is 45.8. The van der Waals surface area contributed by atoms with Crippen molar-refractivity contribution in [3.63, 3.8) is 0 Å². The summed E-state index contributed by atoms with van der Waals surface area (Å²) < 4.78 is 16.8. The molecule has 1 atom stereocenters. The van der Waals surface area contributed by atoms with Crippen molar-refractivity contribution in [3.05, 3.63) is 60.8 Å². The summed E-state index contributed by atoms with van der Waals surface area (Å²) in [6.45, 7) is 6.51. The van der Waals surface area contributed by atoms with Crippen LogP contribution >= 0.6 is 0 Å². The van der Waals surface area contributed by atoms with Crippen LogP contribution in [0.1, 0.15) is 303 Å².